The molecule has 10 N–H and O–H groups in total. The van der Waals surface area contributed by atoms with Crippen molar-refractivity contribution in [1.82, 2.24) is 0 Å². The number of hydrogen-bond donors (Lipinski definition) is 10. The molecule has 0 aliphatic carbocycles. The van der Waals surface area contributed by atoms with Crippen LogP contribution >= 0.6 is 0 Å². The second kappa shape index (κ2) is 9.28. The zero-order valence-corrected chi connectivity index (χ0v) is 12.5. The Bertz CT molecular complexity index is 326. The summed E-state index contributed by atoms with van der Waals surface area (Å²) < 4.78 is 9.15. The average molecular weight is 360 g/mol. The molecule has 2 aliphatic heterocycles. The minimum Gasteiger partial charge on any atom is -0.394 e. The maximum absolute atomic E-state index is 9.12. The van der Waals surface area contributed by atoms with Crippen LogP contribution < -0.4 is 0 Å². The van der Waals surface area contributed by atoms with Crippen LogP contribution in [0, 0.1) is 0 Å². The number of rotatable bonds is 2. The largest absolute Gasteiger partial charge is 0.394 e. The highest BCUT2D eigenvalue weighted by Gasteiger charge is 2.43. The number of aliphatic hydroxyl groups is 10. The molecule has 0 aromatic rings. The van der Waals surface area contributed by atoms with Gasteiger partial charge in [0, 0.05) is 0 Å². The van der Waals surface area contributed by atoms with Gasteiger partial charge in [0.2, 0.25) is 0 Å². The van der Waals surface area contributed by atoms with Crippen LogP contribution in [0.3, 0.4) is 0 Å². The summed E-state index contributed by atoms with van der Waals surface area (Å²) in [6.45, 7) is -1.05. The lowest BCUT2D eigenvalue weighted by Gasteiger charge is -2.37. The summed E-state index contributed by atoms with van der Waals surface area (Å²) in [6.07, 6.45) is -14.1. The van der Waals surface area contributed by atoms with E-state index in [2.05, 4.69) is 9.47 Å². The van der Waals surface area contributed by atoms with Gasteiger partial charge in [-0.15, -0.1) is 0 Å². The third-order valence-corrected chi connectivity index (χ3v) is 3.73. The fourth-order valence-electron chi connectivity index (χ4n) is 2.16. The molecule has 2 saturated heterocycles. The molecule has 0 bridgehead atoms. The molecule has 12 heteroatoms. The van der Waals surface area contributed by atoms with Crippen molar-refractivity contribution in [3.8, 4) is 0 Å². The molecule has 0 saturated carbocycles. The Morgan fingerprint density at radius 1 is 0.458 bits per heavy atom. The summed E-state index contributed by atoms with van der Waals surface area (Å²) in [5.41, 5.74) is 0. The number of hydrogen-bond acceptors (Lipinski definition) is 12. The van der Waals surface area contributed by atoms with Crippen LogP contribution in [0.5, 0.6) is 0 Å². The predicted octanol–water partition coefficient (Wildman–Crippen LogP) is -6.44. The fourth-order valence-corrected chi connectivity index (χ4v) is 2.16. The molecule has 0 amide bonds. The standard InChI is InChI=1S/2C6H12O6/c2*7-1-2-3(8)4(9)5(10)6(11)12-2/h2*2-11H,1H2/t2?,3-,4+,5?,6+;2?,3-,4-,5?,6-/m01/s1. The molecule has 144 valence electrons. The number of ether oxygens (including phenoxy) is 2. The van der Waals surface area contributed by atoms with Crippen molar-refractivity contribution in [2.75, 3.05) is 13.2 Å². The van der Waals surface area contributed by atoms with Gasteiger partial charge in [0.05, 0.1) is 13.2 Å². The van der Waals surface area contributed by atoms with E-state index in [9.17, 15) is 0 Å². The Morgan fingerprint density at radius 2 is 0.750 bits per heavy atom. The highest BCUT2D eigenvalue weighted by Crippen LogP contribution is 2.19. The van der Waals surface area contributed by atoms with E-state index in [4.69, 9.17) is 51.1 Å². The maximum Gasteiger partial charge on any atom is 0.184 e. The van der Waals surface area contributed by atoms with E-state index in [1.807, 2.05) is 0 Å². The summed E-state index contributed by atoms with van der Waals surface area (Å²) >= 11 is 0. The number of aliphatic hydroxyl groups excluding tert-OH is 10. The molecule has 10 atom stereocenters. The zero-order valence-electron chi connectivity index (χ0n) is 12.5. The van der Waals surface area contributed by atoms with Gasteiger partial charge in [0.25, 0.3) is 0 Å². The molecular weight excluding hydrogens is 336 g/mol. The van der Waals surface area contributed by atoms with Crippen LogP contribution in [-0.2, 0) is 9.47 Å². The van der Waals surface area contributed by atoms with Crippen molar-refractivity contribution < 1.29 is 60.5 Å². The van der Waals surface area contributed by atoms with Crippen LogP contribution in [-0.4, -0.2) is 126 Å². The lowest BCUT2D eigenvalue weighted by atomic mass is 10.00. The highest BCUT2D eigenvalue weighted by atomic mass is 16.6. The van der Waals surface area contributed by atoms with Crippen molar-refractivity contribution in [3.63, 3.8) is 0 Å². The lowest BCUT2D eigenvalue weighted by Crippen LogP contribution is -2.58. The minimum atomic E-state index is -1.57. The second-order valence-corrected chi connectivity index (χ2v) is 5.44. The van der Waals surface area contributed by atoms with Crippen molar-refractivity contribution in [3.05, 3.63) is 0 Å². The molecule has 0 radical (unpaired) electrons. The van der Waals surface area contributed by atoms with Gasteiger partial charge in [-0.25, -0.2) is 0 Å². The van der Waals surface area contributed by atoms with Crippen LogP contribution in [0.1, 0.15) is 0 Å². The van der Waals surface area contributed by atoms with E-state index in [0.29, 0.717) is 0 Å². The topological polar surface area (TPSA) is 221 Å². The van der Waals surface area contributed by atoms with Crippen LogP contribution in [0.2, 0.25) is 0 Å². The molecule has 2 rings (SSSR count). The van der Waals surface area contributed by atoms with E-state index in [-0.39, 0.29) is 0 Å². The van der Waals surface area contributed by atoms with E-state index >= 15 is 0 Å². The van der Waals surface area contributed by atoms with E-state index in [1.54, 1.807) is 0 Å². The third kappa shape index (κ3) is 4.78. The molecule has 24 heavy (non-hydrogen) atoms. The Kier molecular flexibility index (Phi) is 8.34. The van der Waals surface area contributed by atoms with Crippen molar-refractivity contribution >= 4 is 0 Å². The molecule has 2 fully saturated rings. The van der Waals surface area contributed by atoms with Gasteiger partial charge in [0.15, 0.2) is 12.6 Å². The summed E-state index contributed by atoms with van der Waals surface area (Å²) in [5.74, 6) is 0. The summed E-state index contributed by atoms with van der Waals surface area (Å²) in [5, 5.41) is 89.3. The second-order valence-electron chi connectivity index (χ2n) is 5.44. The molecule has 0 aromatic heterocycles. The van der Waals surface area contributed by atoms with Gasteiger partial charge in [-0.05, 0) is 0 Å². The van der Waals surface area contributed by atoms with Gasteiger partial charge in [-0.1, -0.05) is 0 Å². The highest BCUT2D eigenvalue weighted by molar-refractivity contribution is 4.88. The Hall–Kier alpha value is -0.480. The Morgan fingerprint density at radius 3 is 1.00 bits per heavy atom. The predicted molar refractivity (Wildman–Crippen MR) is 72.0 cm³/mol. The SMILES string of the molecule is OCC1O[C@@H](O)C(O)[C@H](O)[C@@H]1O.OCC1O[C@@H](O)C(O)[C@H](O)[C@H]1O. The van der Waals surface area contributed by atoms with Gasteiger partial charge in [0.1, 0.15) is 48.8 Å². The Labute approximate surface area is 136 Å². The maximum atomic E-state index is 9.12. The van der Waals surface area contributed by atoms with E-state index < -0.39 is 74.6 Å². The van der Waals surface area contributed by atoms with E-state index in [0.717, 1.165) is 0 Å². The first-order valence-corrected chi connectivity index (χ1v) is 7.12. The molecule has 0 spiro atoms. The van der Waals surface area contributed by atoms with Crippen LogP contribution in [0.15, 0.2) is 0 Å². The fraction of sp³-hybridized carbons (Fsp3) is 1.00. The summed E-state index contributed by atoms with van der Waals surface area (Å²) in [6, 6.07) is 0. The first kappa shape index (κ1) is 21.6. The molecule has 12 nitrogen and oxygen atoms in total. The average Bonchev–Trinajstić information content (AvgIpc) is 2.58. The molecule has 2 heterocycles. The first-order valence-electron chi connectivity index (χ1n) is 7.12. The third-order valence-electron chi connectivity index (χ3n) is 3.73. The van der Waals surface area contributed by atoms with Gasteiger partial charge < -0.3 is 60.5 Å². The lowest BCUT2D eigenvalue weighted by molar-refractivity contribution is -0.286. The van der Waals surface area contributed by atoms with Crippen molar-refractivity contribution in [2.45, 2.75) is 61.4 Å². The molecular formula is C12H24O12. The van der Waals surface area contributed by atoms with Gasteiger partial charge in [-0.2, -0.15) is 0 Å². The van der Waals surface area contributed by atoms with Crippen molar-refractivity contribution in [1.29, 1.82) is 0 Å². The normalized spacial score (nSPS) is 49.2. The van der Waals surface area contributed by atoms with Gasteiger partial charge >= 0.3 is 0 Å². The van der Waals surface area contributed by atoms with E-state index in [1.165, 1.54) is 0 Å². The molecule has 0 aromatic carbocycles. The minimum absolute atomic E-state index is 0.526. The first-order chi connectivity index (χ1) is 11.1. The Balaban J connectivity index is 0.000000240. The summed E-state index contributed by atoms with van der Waals surface area (Å²) in [7, 11) is 0. The summed E-state index contributed by atoms with van der Waals surface area (Å²) in [4.78, 5) is 0. The molecule has 2 aliphatic rings. The van der Waals surface area contributed by atoms with Crippen LogP contribution in [0.4, 0.5) is 0 Å². The smallest absolute Gasteiger partial charge is 0.184 e. The van der Waals surface area contributed by atoms with Gasteiger partial charge in [-0.3, -0.25) is 0 Å². The monoisotopic (exact) mass is 360 g/mol. The van der Waals surface area contributed by atoms with Crippen molar-refractivity contribution in [2.24, 2.45) is 0 Å². The molecule has 4 unspecified atom stereocenters. The zero-order chi connectivity index (χ0) is 18.6. The quantitative estimate of drug-likeness (QED) is 0.222. The van der Waals surface area contributed by atoms with Crippen LogP contribution in [0.25, 0.3) is 0 Å².